The summed E-state index contributed by atoms with van der Waals surface area (Å²) in [7, 11) is 2.15. The molecule has 1 N–H and O–H groups in total. The number of aryl methyl sites for hydroxylation is 2. The smallest absolute Gasteiger partial charge is 0.105 e. The summed E-state index contributed by atoms with van der Waals surface area (Å²) in [5.41, 5.74) is 1.30. The van der Waals surface area contributed by atoms with Crippen molar-refractivity contribution in [1.82, 2.24) is 10.2 Å². The summed E-state index contributed by atoms with van der Waals surface area (Å²) in [6.07, 6.45) is 0. The number of rotatable bonds is 7. The van der Waals surface area contributed by atoms with Gasteiger partial charge in [-0.05, 0) is 39.4 Å². The van der Waals surface area contributed by atoms with Crippen molar-refractivity contribution in [3.05, 3.63) is 23.2 Å². The Kier molecular flexibility index (Phi) is 5.72. The second-order valence-electron chi connectivity index (χ2n) is 5.27. The minimum atomic E-state index is 0.721. The Bertz CT molecular complexity index is 331. The number of nitrogens with one attached hydrogen (secondary N) is 1. The van der Waals surface area contributed by atoms with E-state index in [0.29, 0.717) is 0 Å². The van der Waals surface area contributed by atoms with Gasteiger partial charge in [0.05, 0.1) is 0 Å². The van der Waals surface area contributed by atoms with Crippen LogP contribution in [0.25, 0.3) is 0 Å². The number of furan rings is 1. The summed E-state index contributed by atoms with van der Waals surface area (Å²) in [6, 6.07) is 2.13. The molecule has 0 aliphatic rings. The zero-order chi connectivity index (χ0) is 12.8. The summed E-state index contributed by atoms with van der Waals surface area (Å²) >= 11 is 0. The lowest BCUT2D eigenvalue weighted by Gasteiger charge is -2.17. The molecule has 0 bridgehead atoms. The van der Waals surface area contributed by atoms with Crippen LogP contribution >= 0.6 is 0 Å². The van der Waals surface area contributed by atoms with E-state index in [2.05, 4.69) is 37.2 Å². The third-order valence-corrected chi connectivity index (χ3v) is 2.81. The first-order chi connectivity index (χ1) is 7.99. The average Bonchev–Trinajstić information content (AvgIpc) is 2.52. The number of hydrogen-bond acceptors (Lipinski definition) is 3. The number of nitrogens with zero attached hydrogens (tertiary/aromatic N) is 1. The molecule has 1 aromatic heterocycles. The van der Waals surface area contributed by atoms with E-state index in [0.717, 1.165) is 43.6 Å². The topological polar surface area (TPSA) is 28.4 Å². The van der Waals surface area contributed by atoms with Crippen molar-refractivity contribution in [2.75, 3.05) is 26.7 Å². The fourth-order valence-electron chi connectivity index (χ4n) is 1.87. The highest BCUT2D eigenvalue weighted by Gasteiger charge is 2.07. The zero-order valence-electron chi connectivity index (χ0n) is 11.8. The molecule has 0 aliphatic heterocycles. The Labute approximate surface area is 105 Å². The van der Waals surface area contributed by atoms with Gasteiger partial charge in [0.25, 0.3) is 0 Å². The van der Waals surface area contributed by atoms with E-state index in [4.69, 9.17) is 4.42 Å². The predicted molar refractivity (Wildman–Crippen MR) is 72.2 cm³/mol. The summed E-state index contributed by atoms with van der Waals surface area (Å²) in [5.74, 6) is 2.77. The van der Waals surface area contributed by atoms with Crippen molar-refractivity contribution in [1.29, 1.82) is 0 Å². The molecule has 0 amide bonds. The molecule has 17 heavy (non-hydrogen) atoms. The van der Waals surface area contributed by atoms with E-state index in [1.165, 1.54) is 5.56 Å². The van der Waals surface area contributed by atoms with Crippen LogP contribution < -0.4 is 5.32 Å². The van der Waals surface area contributed by atoms with E-state index >= 15 is 0 Å². The largest absolute Gasteiger partial charge is 0.466 e. The van der Waals surface area contributed by atoms with Gasteiger partial charge in [-0.1, -0.05) is 13.8 Å². The first-order valence-corrected chi connectivity index (χ1v) is 6.44. The summed E-state index contributed by atoms with van der Waals surface area (Å²) in [6.45, 7) is 12.7. The maximum absolute atomic E-state index is 5.53. The predicted octanol–water partition coefficient (Wildman–Crippen LogP) is 2.57. The third kappa shape index (κ3) is 5.37. The van der Waals surface area contributed by atoms with Crippen molar-refractivity contribution in [3.63, 3.8) is 0 Å². The van der Waals surface area contributed by atoms with Crippen LogP contribution in [0.5, 0.6) is 0 Å². The van der Waals surface area contributed by atoms with Crippen LogP contribution in [0.2, 0.25) is 0 Å². The summed E-state index contributed by atoms with van der Waals surface area (Å²) in [5, 5.41) is 3.46. The molecule has 1 aromatic rings. The lowest BCUT2D eigenvalue weighted by Crippen LogP contribution is -2.30. The Morgan fingerprint density at radius 1 is 1.35 bits per heavy atom. The second-order valence-corrected chi connectivity index (χ2v) is 5.27. The minimum Gasteiger partial charge on any atom is -0.466 e. The van der Waals surface area contributed by atoms with Crippen molar-refractivity contribution in [3.8, 4) is 0 Å². The van der Waals surface area contributed by atoms with Gasteiger partial charge in [0.1, 0.15) is 11.5 Å². The van der Waals surface area contributed by atoms with Crippen molar-refractivity contribution < 1.29 is 4.42 Å². The highest BCUT2D eigenvalue weighted by atomic mass is 16.3. The average molecular weight is 238 g/mol. The van der Waals surface area contributed by atoms with Gasteiger partial charge in [-0.15, -0.1) is 0 Å². The Morgan fingerprint density at radius 3 is 2.59 bits per heavy atom. The minimum absolute atomic E-state index is 0.721. The van der Waals surface area contributed by atoms with Crippen LogP contribution in [0.1, 0.15) is 30.9 Å². The van der Waals surface area contributed by atoms with Gasteiger partial charge in [0, 0.05) is 25.2 Å². The van der Waals surface area contributed by atoms with Crippen LogP contribution in [0.3, 0.4) is 0 Å². The fraction of sp³-hybridized carbons (Fsp3) is 0.714. The Hall–Kier alpha value is -0.800. The Morgan fingerprint density at radius 2 is 2.06 bits per heavy atom. The third-order valence-electron chi connectivity index (χ3n) is 2.81. The maximum Gasteiger partial charge on any atom is 0.105 e. The normalized spacial score (nSPS) is 11.7. The molecule has 0 unspecified atom stereocenters. The first kappa shape index (κ1) is 14.3. The zero-order valence-corrected chi connectivity index (χ0v) is 11.8. The number of likely N-dealkylation sites (N-methyl/N-ethyl adjacent to an activating group) is 1. The monoisotopic (exact) mass is 238 g/mol. The maximum atomic E-state index is 5.53. The molecule has 0 saturated heterocycles. The molecule has 0 aromatic carbocycles. The van der Waals surface area contributed by atoms with E-state index in [9.17, 15) is 0 Å². The molecular formula is C14H26N2O. The van der Waals surface area contributed by atoms with Crippen LogP contribution in [0.15, 0.2) is 10.5 Å². The molecule has 1 heterocycles. The summed E-state index contributed by atoms with van der Waals surface area (Å²) in [4.78, 5) is 2.32. The molecule has 0 radical (unpaired) electrons. The van der Waals surface area contributed by atoms with Gasteiger partial charge in [-0.3, -0.25) is 0 Å². The van der Waals surface area contributed by atoms with Crippen molar-refractivity contribution in [2.24, 2.45) is 5.92 Å². The summed E-state index contributed by atoms with van der Waals surface area (Å²) < 4.78 is 5.53. The lowest BCUT2D eigenvalue weighted by atomic mass is 10.2. The molecule has 0 saturated carbocycles. The van der Waals surface area contributed by atoms with Gasteiger partial charge in [-0.25, -0.2) is 0 Å². The van der Waals surface area contributed by atoms with Gasteiger partial charge in [-0.2, -0.15) is 0 Å². The van der Waals surface area contributed by atoms with Crippen LogP contribution in [0.4, 0.5) is 0 Å². The molecule has 3 heteroatoms. The van der Waals surface area contributed by atoms with Crippen LogP contribution in [-0.2, 0) is 6.54 Å². The van der Waals surface area contributed by atoms with Gasteiger partial charge in [0.2, 0.25) is 0 Å². The standard InChI is InChI=1S/C14H26N2O/c1-11(2)9-15-6-7-16(5)10-14-8-12(3)17-13(14)4/h8,11,15H,6-7,9-10H2,1-5H3. The van der Waals surface area contributed by atoms with Gasteiger partial charge < -0.3 is 14.6 Å². The lowest BCUT2D eigenvalue weighted by molar-refractivity contribution is 0.319. The molecular weight excluding hydrogens is 212 g/mol. The molecule has 1 rings (SSSR count). The molecule has 0 spiro atoms. The van der Waals surface area contributed by atoms with E-state index in [1.54, 1.807) is 0 Å². The molecule has 98 valence electrons. The van der Waals surface area contributed by atoms with E-state index < -0.39 is 0 Å². The van der Waals surface area contributed by atoms with Gasteiger partial charge in [0.15, 0.2) is 0 Å². The van der Waals surface area contributed by atoms with Crippen molar-refractivity contribution >= 4 is 0 Å². The quantitative estimate of drug-likeness (QED) is 0.740. The Balaban J connectivity index is 2.25. The fourth-order valence-corrected chi connectivity index (χ4v) is 1.87. The number of hydrogen-bond donors (Lipinski definition) is 1. The van der Waals surface area contributed by atoms with Gasteiger partial charge >= 0.3 is 0 Å². The first-order valence-electron chi connectivity index (χ1n) is 6.44. The second kappa shape index (κ2) is 6.82. The van der Waals surface area contributed by atoms with Crippen LogP contribution in [-0.4, -0.2) is 31.6 Å². The van der Waals surface area contributed by atoms with Crippen LogP contribution in [0, 0.1) is 19.8 Å². The van der Waals surface area contributed by atoms with E-state index in [1.807, 2.05) is 13.8 Å². The molecule has 0 fully saturated rings. The van der Waals surface area contributed by atoms with Crippen molar-refractivity contribution in [2.45, 2.75) is 34.2 Å². The molecule has 3 nitrogen and oxygen atoms in total. The highest BCUT2D eigenvalue weighted by Crippen LogP contribution is 2.14. The highest BCUT2D eigenvalue weighted by molar-refractivity contribution is 5.19. The van der Waals surface area contributed by atoms with E-state index in [-0.39, 0.29) is 0 Å². The molecule has 0 atom stereocenters. The molecule has 0 aliphatic carbocycles. The SMILES string of the molecule is Cc1cc(CN(C)CCNCC(C)C)c(C)o1.